The van der Waals surface area contributed by atoms with Crippen molar-refractivity contribution in [2.45, 2.75) is 12.7 Å². The summed E-state index contributed by atoms with van der Waals surface area (Å²) in [5.74, 6) is -0.847. The largest absolute Gasteiger partial charge is 0.425 e. The van der Waals surface area contributed by atoms with Crippen LogP contribution < -0.4 is 15.9 Å². The van der Waals surface area contributed by atoms with E-state index in [1.165, 1.54) is 12.1 Å². The Balaban J connectivity index is 2.35. The fourth-order valence-corrected chi connectivity index (χ4v) is 1.63. The molecule has 0 fully saturated rings. The first-order valence-corrected chi connectivity index (χ1v) is 5.03. The number of alkyl halides is 3. The fraction of sp³-hybridized carbons (Fsp3) is 0.300. The van der Waals surface area contributed by atoms with E-state index in [0.29, 0.717) is 17.8 Å². The van der Waals surface area contributed by atoms with Crippen LogP contribution in [0.3, 0.4) is 0 Å². The van der Waals surface area contributed by atoms with Gasteiger partial charge in [0.2, 0.25) is 6.61 Å². The minimum absolute atomic E-state index is 0.113. The Bertz CT molecular complexity index is 505. The highest BCUT2D eigenvalue weighted by atomic mass is 19.4. The number of nitrogens with one attached hydrogen (secondary N) is 1. The van der Waals surface area contributed by atoms with Crippen LogP contribution >= 0.6 is 0 Å². The van der Waals surface area contributed by atoms with Gasteiger partial charge in [0.05, 0.1) is 5.69 Å². The summed E-state index contributed by atoms with van der Waals surface area (Å²) in [6.07, 6.45) is -1.41. The molecule has 18 heavy (non-hydrogen) atoms. The SMILES string of the molecule is NC(=O)c1cc2c(n1OCC(F)(F)F)C=CNC2. The number of fused-ring (bicyclic) bond motifs is 1. The Kier molecular flexibility index (Phi) is 2.93. The summed E-state index contributed by atoms with van der Waals surface area (Å²) in [6, 6.07) is 1.41. The van der Waals surface area contributed by atoms with E-state index in [-0.39, 0.29) is 5.69 Å². The van der Waals surface area contributed by atoms with E-state index in [4.69, 9.17) is 5.73 Å². The van der Waals surface area contributed by atoms with Crippen molar-refractivity contribution in [2.24, 2.45) is 5.73 Å². The molecular weight excluding hydrogens is 251 g/mol. The average molecular weight is 261 g/mol. The number of carbonyl (C=O) groups is 1. The van der Waals surface area contributed by atoms with Gasteiger partial charge >= 0.3 is 6.18 Å². The maximum atomic E-state index is 12.1. The number of primary amides is 1. The van der Waals surface area contributed by atoms with Crippen molar-refractivity contribution in [3.05, 3.63) is 29.2 Å². The second kappa shape index (κ2) is 4.28. The zero-order valence-corrected chi connectivity index (χ0v) is 9.12. The lowest BCUT2D eigenvalue weighted by atomic mass is 10.2. The molecule has 0 spiro atoms. The summed E-state index contributed by atoms with van der Waals surface area (Å²) in [7, 11) is 0. The molecule has 0 radical (unpaired) electrons. The van der Waals surface area contributed by atoms with Crippen LogP contribution in [0.25, 0.3) is 6.08 Å². The first kappa shape index (κ1) is 12.3. The van der Waals surface area contributed by atoms with E-state index in [1.54, 1.807) is 6.20 Å². The Hall–Kier alpha value is -2.12. The highest BCUT2D eigenvalue weighted by molar-refractivity contribution is 5.92. The lowest BCUT2D eigenvalue weighted by molar-refractivity contribution is -0.175. The van der Waals surface area contributed by atoms with Gasteiger partial charge in [-0.1, -0.05) is 0 Å². The molecule has 1 aromatic heterocycles. The van der Waals surface area contributed by atoms with Gasteiger partial charge in [0.15, 0.2) is 0 Å². The third kappa shape index (κ3) is 2.41. The molecule has 1 aromatic rings. The zero-order valence-electron chi connectivity index (χ0n) is 9.12. The molecule has 0 saturated heterocycles. The predicted octanol–water partition coefficient (Wildman–Crippen LogP) is 0.652. The van der Waals surface area contributed by atoms with Crippen LogP contribution in [0.1, 0.15) is 21.7 Å². The maximum absolute atomic E-state index is 12.1. The molecule has 0 aliphatic carbocycles. The molecule has 0 bridgehead atoms. The summed E-state index contributed by atoms with van der Waals surface area (Å²) in [5, 5.41) is 2.87. The Labute approximate surface area is 100.0 Å². The van der Waals surface area contributed by atoms with Crippen LogP contribution in [0.4, 0.5) is 13.2 Å². The molecular formula is C10H10F3N3O2. The molecule has 1 aliphatic rings. The number of halogens is 3. The van der Waals surface area contributed by atoms with Gasteiger partial charge in [-0.3, -0.25) is 4.79 Å². The predicted molar refractivity (Wildman–Crippen MR) is 56.3 cm³/mol. The zero-order chi connectivity index (χ0) is 13.3. The van der Waals surface area contributed by atoms with E-state index < -0.39 is 18.7 Å². The third-order valence-corrected chi connectivity index (χ3v) is 2.34. The summed E-state index contributed by atoms with van der Waals surface area (Å²) in [5.41, 5.74) is 6.02. The van der Waals surface area contributed by atoms with Crippen molar-refractivity contribution in [3.63, 3.8) is 0 Å². The van der Waals surface area contributed by atoms with E-state index in [2.05, 4.69) is 10.2 Å². The van der Waals surface area contributed by atoms with Crippen molar-refractivity contribution in [2.75, 3.05) is 6.61 Å². The molecule has 1 aliphatic heterocycles. The molecule has 0 unspecified atom stereocenters. The van der Waals surface area contributed by atoms with Crippen LogP contribution in [0.5, 0.6) is 0 Å². The molecule has 2 rings (SSSR count). The van der Waals surface area contributed by atoms with Crippen LogP contribution in [0.15, 0.2) is 12.3 Å². The van der Waals surface area contributed by atoms with Crippen molar-refractivity contribution in [3.8, 4) is 0 Å². The molecule has 0 aromatic carbocycles. The minimum atomic E-state index is -4.48. The topological polar surface area (TPSA) is 69.3 Å². The maximum Gasteiger partial charge on any atom is 0.425 e. The van der Waals surface area contributed by atoms with Gasteiger partial charge < -0.3 is 15.9 Å². The quantitative estimate of drug-likeness (QED) is 0.839. The first-order chi connectivity index (χ1) is 8.38. The number of amides is 1. The lowest BCUT2D eigenvalue weighted by Gasteiger charge is -2.15. The van der Waals surface area contributed by atoms with Crippen LogP contribution in [0.2, 0.25) is 0 Å². The van der Waals surface area contributed by atoms with E-state index >= 15 is 0 Å². The summed E-state index contributed by atoms with van der Waals surface area (Å²) >= 11 is 0. The molecule has 3 N–H and O–H groups in total. The molecule has 2 heterocycles. The summed E-state index contributed by atoms with van der Waals surface area (Å²) in [6.45, 7) is -1.09. The number of aromatic nitrogens is 1. The molecule has 0 atom stereocenters. The van der Waals surface area contributed by atoms with E-state index in [1.807, 2.05) is 0 Å². The molecule has 98 valence electrons. The Morgan fingerprint density at radius 1 is 1.56 bits per heavy atom. The Morgan fingerprint density at radius 3 is 2.89 bits per heavy atom. The van der Waals surface area contributed by atoms with Crippen molar-refractivity contribution in [1.29, 1.82) is 0 Å². The van der Waals surface area contributed by atoms with Crippen LogP contribution in [-0.2, 0) is 6.54 Å². The summed E-state index contributed by atoms with van der Waals surface area (Å²) in [4.78, 5) is 15.8. The second-order valence-corrected chi connectivity index (χ2v) is 3.70. The van der Waals surface area contributed by atoms with Crippen LogP contribution in [-0.4, -0.2) is 23.4 Å². The van der Waals surface area contributed by atoms with E-state index in [9.17, 15) is 18.0 Å². The lowest BCUT2D eigenvalue weighted by Crippen LogP contribution is -2.30. The van der Waals surface area contributed by atoms with Crippen LogP contribution in [0, 0.1) is 0 Å². The van der Waals surface area contributed by atoms with Crippen molar-refractivity contribution >= 4 is 12.0 Å². The molecule has 8 heteroatoms. The van der Waals surface area contributed by atoms with Crippen molar-refractivity contribution in [1.82, 2.24) is 10.0 Å². The molecule has 0 saturated carbocycles. The third-order valence-electron chi connectivity index (χ3n) is 2.34. The highest BCUT2D eigenvalue weighted by Crippen LogP contribution is 2.21. The van der Waals surface area contributed by atoms with Gasteiger partial charge in [-0.25, -0.2) is 0 Å². The van der Waals surface area contributed by atoms with Gasteiger partial charge in [0, 0.05) is 12.1 Å². The standard InChI is InChI=1S/C10H10F3N3O2/c11-10(12,13)5-18-16-7-1-2-15-4-6(7)3-8(16)9(14)17/h1-3,15H,4-5H2,(H2,14,17). The molecule has 1 amide bonds. The van der Waals surface area contributed by atoms with Gasteiger partial charge in [-0.05, 0) is 18.3 Å². The monoisotopic (exact) mass is 261 g/mol. The smallest absolute Gasteiger partial charge is 0.403 e. The Morgan fingerprint density at radius 2 is 2.28 bits per heavy atom. The average Bonchev–Trinajstić information content (AvgIpc) is 2.64. The number of rotatable bonds is 3. The van der Waals surface area contributed by atoms with E-state index in [0.717, 1.165) is 4.73 Å². The van der Waals surface area contributed by atoms with Gasteiger partial charge in [-0.2, -0.15) is 17.9 Å². The normalized spacial score (nSPS) is 13.9. The second-order valence-electron chi connectivity index (χ2n) is 3.70. The highest BCUT2D eigenvalue weighted by Gasteiger charge is 2.30. The minimum Gasteiger partial charge on any atom is -0.403 e. The molecule has 5 nitrogen and oxygen atoms in total. The van der Waals surface area contributed by atoms with Crippen molar-refractivity contribution < 1.29 is 22.8 Å². The van der Waals surface area contributed by atoms with Gasteiger partial charge in [0.25, 0.3) is 5.91 Å². The number of nitrogens with two attached hydrogens (primary N) is 1. The summed E-state index contributed by atoms with van der Waals surface area (Å²) < 4.78 is 37.2. The number of hydrogen-bond acceptors (Lipinski definition) is 3. The fourth-order valence-electron chi connectivity index (χ4n) is 1.63. The van der Waals surface area contributed by atoms with Gasteiger partial charge in [0.1, 0.15) is 5.69 Å². The number of nitrogens with zero attached hydrogens (tertiary/aromatic N) is 1. The number of hydrogen-bond donors (Lipinski definition) is 2. The number of carbonyl (C=O) groups excluding carboxylic acids is 1. The van der Waals surface area contributed by atoms with Gasteiger partial charge in [-0.15, -0.1) is 0 Å². The first-order valence-electron chi connectivity index (χ1n) is 5.03.